The second-order valence-electron chi connectivity index (χ2n) is 4.67. The van der Waals surface area contributed by atoms with Crippen LogP contribution in [0.3, 0.4) is 0 Å². The molecule has 1 aliphatic carbocycles. The standard InChI is InChI=1S/C11H13ClN4O2/c1-15-9(6-4-2-3-5-6)14-16-8(12)7(10(17)18)13-11(15)16/h6H,2-5H2,1H3,(H,17,18). The van der Waals surface area contributed by atoms with Gasteiger partial charge in [-0.15, -0.1) is 0 Å². The Morgan fingerprint density at radius 3 is 2.67 bits per heavy atom. The molecule has 0 saturated heterocycles. The molecule has 2 aromatic rings. The van der Waals surface area contributed by atoms with E-state index in [1.165, 1.54) is 17.4 Å². The zero-order valence-corrected chi connectivity index (χ0v) is 10.7. The summed E-state index contributed by atoms with van der Waals surface area (Å²) >= 11 is 5.99. The van der Waals surface area contributed by atoms with E-state index < -0.39 is 5.97 Å². The van der Waals surface area contributed by atoms with Crippen molar-refractivity contribution in [2.24, 2.45) is 7.05 Å². The second-order valence-corrected chi connectivity index (χ2v) is 5.02. The Labute approximate surface area is 108 Å². The molecule has 1 N–H and O–H groups in total. The number of hydrogen-bond donors (Lipinski definition) is 1. The molecule has 6 nitrogen and oxygen atoms in total. The van der Waals surface area contributed by atoms with E-state index in [-0.39, 0.29) is 10.8 Å². The molecule has 0 amide bonds. The summed E-state index contributed by atoms with van der Waals surface area (Å²) in [6.07, 6.45) is 4.68. The summed E-state index contributed by atoms with van der Waals surface area (Å²) in [6, 6.07) is 0. The highest BCUT2D eigenvalue weighted by Gasteiger charge is 2.26. The first kappa shape index (κ1) is 11.5. The molecule has 3 rings (SSSR count). The second kappa shape index (κ2) is 3.98. The van der Waals surface area contributed by atoms with Crippen LogP contribution in [0.15, 0.2) is 0 Å². The number of carboxylic acids is 1. The minimum atomic E-state index is -1.13. The van der Waals surface area contributed by atoms with Crippen LogP contribution >= 0.6 is 11.6 Å². The van der Waals surface area contributed by atoms with Crippen LogP contribution in [0.5, 0.6) is 0 Å². The van der Waals surface area contributed by atoms with Crippen molar-refractivity contribution in [1.82, 2.24) is 19.2 Å². The highest BCUT2D eigenvalue weighted by atomic mass is 35.5. The van der Waals surface area contributed by atoms with E-state index >= 15 is 0 Å². The van der Waals surface area contributed by atoms with Crippen molar-refractivity contribution in [3.05, 3.63) is 16.7 Å². The van der Waals surface area contributed by atoms with Crippen molar-refractivity contribution in [3.8, 4) is 0 Å². The number of carboxylic acid groups (broad SMARTS) is 1. The highest BCUT2D eigenvalue weighted by Crippen LogP contribution is 2.34. The number of hydrogen-bond acceptors (Lipinski definition) is 3. The average Bonchev–Trinajstić information content (AvgIpc) is 2.98. The maximum Gasteiger partial charge on any atom is 0.357 e. The Hall–Kier alpha value is -1.56. The zero-order valence-electron chi connectivity index (χ0n) is 9.93. The number of aromatic nitrogens is 4. The zero-order chi connectivity index (χ0) is 12.9. The molecule has 0 bridgehead atoms. The fourth-order valence-electron chi connectivity index (χ4n) is 2.63. The van der Waals surface area contributed by atoms with E-state index in [2.05, 4.69) is 10.1 Å². The van der Waals surface area contributed by atoms with Gasteiger partial charge >= 0.3 is 5.97 Å². The summed E-state index contributed by atoms with van der Waals surface area (Å²) in [7, 11) is 1.85. The lowest BCUT2D eigenvalue weighted by atomic mass is 10.1. The SMILES string of the molecule is Cn1c(C2CCCC2)nn2c(Cl)c(C(=O)O)nc12. The van der Waals surface area contributed by atoms with Crippen LogP contribution in [0.4, 0.5) is 0 Å². The van der Waals surface area contributed by atoms with Crippen molar-refractivity contribution in [2.75, 3.05) is 0 Å². The number of aromatic carboxylic acids is 1. The van der Waals surface area contributed by atoms with Gasteiger partial charge in [-0.1, -0.05) is 24.4 Å². The Morgan fingerprint density at radius 1 is 1.44 bits per heavy atom. The molecule has 0 radical (unpaired) electrons. The van der Waals surface area contributed by atoms with Crippen LogP contribution in [0.25, 0.3) is 5.78 Å². The van der Waals surface area contributed by atoms with Gasteiger partial charge in [-0.05, 0) is 12.8 Å². The summed E-state index contributed by atoms with van der Waals surface area (Å²) in [5.74, 6) is 0.724. The molecule has 1 aliphatic rings. The Bertz CT molecular complexity index is 625. The molecule has 0 aliphatic heterocycles. The third-order valence-electron chi connectivity index (χ3n) is 3.55. The summed E-state index contributed by atoms with van der Waals surface area (Å²) in [4.78, 5) is 15.0. The lowest BCUT2D eigenvalue weighted by molar-refractivity contribution is 0.0691. The normalized spacial score (nSPS) is 16.8. The molecular weight excluding hydrogens is 256 g/mol. The minimum absolute atomic E-state index is 0.0670. The van der Waals surface area contributed by atoms with E-state index in [1.807, 2.05) is 11.6 Å². The van der Waals surface area contributed by atoms with Gasteiger partial charge in [0.2, 0.25) is 5.78 Å². The Kier molecular flexibility index (Phi) is 2.55. The molecule has 2 aromatic heterocycles. The van der Waals surface area contributed by atoms with E-state index in [1.54, 1.807) is 0 Å². The first-order valence-electron chi connectivity index (χ1n) is 5.93. The molecule has 1 fully saturated rings. The van der Waals surface area contributed by atoms with Crippen molar-refractivity contribution < 1.29 is 9.90 Å². The van der Waals surface area contributed by atoms with Gasteiger partial charge in [-0.25, -0.2) is 9.78 Å². The maximum absolute atomic E-state index is 10.9. The predicted molar refractivity (Wildman–Crippen MR) is 65.1 cm³/mol. The molecular formula is C11H13ClN4O2. The Morgan fingerprint density at radius 2 is 2.11 bits per heavy atom. The number of imidazole rings is 1. The van der Waals surface area contributed by atoms with E-state index in [4.69, 9.17) is 16.7 Å². The number of aryl methyl sites for hydroxylation is 1. The lowest BCUT2D eigenvalue weighted by Gasteiger charge is -2.06. The molecule has 18 heavy (non-hydrogen) atoms. The Balaban J connectivity index is 2.15. The van der Waals surface area contributed by atoms with Crippen LogP contribution in [-0.2, 0) is 7.05 Å². The van der Waals surface area contributed by atoms with Crippen LogP contribution in [0, 0.1) is 0 Å². The van der Waals surface area contributed by atoms with Gasteiger partial charge in [-0.2, -0.15) is 9.61 Å². The number of rotatable bonds is 2. The fraction of sp³-hybridized carbons (Fsp3) is 0.545. The van der Waals surface area contributed by atoms with Crippen molar-refractivity contribution >= 4 is 23.3 Å². The number of halogens is 1. The van der Waals surface area contributed by atoms with Gasteiger partial charge in [0.15, 0.2) is 10.8 Å². The third-order valence-corrected chi connectivity index (χ3v) is 3.89. The van der Waals surface area contributed by atoms with Crippen molar-refractivity contribution in [2.45, 2.75) is 31.6 Å². The van der Waals surface area contributed by atoms with Crippen LogP contribution < -0.4 is 0 Å². The first-order valence-corrected chi connectivity index (χ1v) is 6.31. The van der Waals surface area contributed by atoms with Gasteiger partial charge in [0.05, 0.1) is 0 Å². The topological polar surface area (TPSA) is 72.4 Å². The largest absolute Gasteiger partial charge is 0.476 e. The maximum atomic E-state index is 10.9. The summed E-state index contributed by atoms with van der Waals surface area (Å²) in [5, 5.41) is 13.4. The van der Waals surface area contributed by atoms with Crippen LogP contribution in [-0.4, -0.2) is 30.2 Å². The summed E-state index contributed by atoms with van der Waals surface area (Å²) < 4.78 is 3.26. The minimum Gasteiger partial charge on any atom is -0.476 e. The van der Waals surface area contributed by atoms with Gasteiger partial charge in [0.25, 0.3) is 0 Å². The quantitative estimate of drug-likeness (QED) is 0.905. The smallest absolute Gasteiger partial charge is 0.357 e. The van der Waals surface area contributed by atoms with E-state index in [9.17, 15) is 4.79 Å². The van der Waals surface area contributed by atoms with Gasteiger partial charge in [-0.3, -0.25) is 4.57 Å². The van der Waals surface area contributed by atoms with Crippen molar-refractivity contribution in [3.63, 3.8) is 0 Å². The van der Waals surface area contributed by atoms with E-state index in [0.717, 1.165) is 18.7 Å². The lowest BCUT2D eigenvalue weighted by Crippen LogP contribution is -2.05. The molecule has 0 aromatic carbocycles. The van der Waals surface area contributed by atoms with Gasteiger partial charge < -0.3 is 5.11 Å². The average molecular weight is 269 g/mol. The third kappa shape index (κ3) is 1.52. The highest BCUT2D eigenvalue weighted by molar-refractivity contribution is 6.32. The van der Waals surface area contributed by atoms with Gasteiger partial charge in [0.1, 0.15) is 5.82 Å². The summed E-state index contributed by atoms with van der Waals surface area (Å²) in [6.45, 7) is 0. The van der Waals surface area contributed by atoms with E-state index in [0.29, 0.717) is 11.7 Å². The number of nitrogens with zero attached hydrogens (tertiary/aromatic N) is 4. The molecule has 0 atom stereocenters. The molecule has 96 valence electrons. The van der Waals surface area contributed by atoms with Crippen LogP contribution in [0.1, 0.15) is 47.9 Å². The van der Waals surface area contributed by atoms with Crippen LogP contribution in [0.2, 0.25) is 5.15 Å². The summed E-state index contributed by atoms with van der Waals surface area (Å²) in [5.41, 5.74) is -0.146. The molecule has 0 spiro atoms. The molecule has 2 heterocycles. The number of carbonyl (C=O) groups is 1. The van der Waals surface area contributed by atoms with Gasteiger partial charge in [0, 0.05) is 13.0 Å². The number of fused-ring (bicyclic) bond motifs is 1. The first-order chi connectivity index (χ1) is 8.59. The predicted octanol–water partition coefficient (Wildman–Crippen LogP) is 2.08. The van der Waals surface area contributed by atoms with Crippen molar-refractivity contribution in [1.29, 1.82) is 0 Å². The monoisotopic (exact) mass is 268 g/mol. The fourth-order valence-corrected chi connectivity index (χ4v) is 2.87. The molecule has 0 unspecified atom stereocenters. The molecule has 1 saturated carbocycles. The molecule has 7 heteroatoms.